The highest BCUT2D eigenvalue weighted by Crippen LogP contribution is 2.23. The van der Waals surface area contributed by atoms with Gasteiger partial charge in [0.05, 0.1) is 0 Å². The molecule has 0 unspecified atom stereocenters. The van der Waals surface area contributed by atoms with Crippen LogP contribution >= 0.6 is 0 Å². The van der Waals surface area contributed by atoms with Crippen LogP contribution < -0.4 is 0 Å². The molecule has 1 aromatic carbocycles. The van der Waals surface area contributed by atoms with Crippen molar-refractivity contribution in [3.05, 3.63) is 34.4 Å². The van der Waals surface area contributed by atoms with Crippen LogP contribution in [-0.4, -0.2) is 29.1 Å². The molecule has 0 fully saturated rings. The molecule has 0 radical (unpaired) electrons. The molecular weight excluding hydrogens is 226 g/mol. The topological polar surface area (TPSA) is 40.5 Å². The van der Waals surface area contributed by atoms with Crippen molar-refractivity contribution in [1.29, 1.82) is 0 Å². The number of carboxylic acids is 1. The summed E-state index contributed by atoms with van der Waals surface area (Å²) in [4.78, 5) is 12.9. The van der Waals surface area contributed by atoms with Crippen molar-refractivity contribution < 1.29 is 9.90 Å². The van der Waals surface area contributed by atoms with Crippen molar-refractivity contribution in [2.75, 3.05) is 13.1 Å². The zero-order valence-electron chi connectivity index (χ0n) is 11.2. The summed E-state index contributed by atoms with van der Waals surface area (Å²) < 4.78 is 0. The lowest BCUT2D eigenvalue weighted by atomic mass is 9.93. The fraction of sp³-hybridized carbons (Fsp3) is 0.533. The quantitative estimate of drug-likeness (QED) is 0.888. The van der Waals surface area contributed by atoms with Crippen LogP contribution in [0.1, 0.15) is 35.1 Å². The van der Waals surface area contributed by atoms with Gasteiger partial charge in [0.1, 0.15) is 0 Å². The van der Waals surface area contributed by atoms with E-state index in [9.17, 15) is 4.79 Å². The fourth-order valence-electron chi connectivity index (χ4n) is 2.82. The molecule has 0 atom stereocenters. The number of aliphatic carboxylic acids is 1. The van der Waals surface area contributed by atoms with Crippen LogP contribution in [0.2, 0.25) is 0 Å². The summed E-state index contributed by atoms with van der Waals surface area (Å²) >= 11 is 0. The van der Waals surface area contributed by atoms with Crippen LogP contribution in [0.5, 0.6) is 0 Å². The average Bonchev–Trinajstić information content (AvgIpc) is 2.27. The van der Waals surface area contributed by atoms with E-state index >= 15 is 0 Å². The van der Waals surface area contributed by atoms with Gasteiger partial charge in [-0.25, -0.2) is 0 Å². The molecule has 1 aliphatic heterocycles. The van der Waals surface area contributed by atoms with E-state index in [2.05, 4.69) is 30.9 Å². The molecule has 98 valence electrons. The van der Waals surface area contributed by atoms with E-state index in [4.69, 9.17) is 5.11 Å². The number of rotatable bonds is 4. The number of carbonyl (C=O) groups is 1. The smallest absolute Gasteiger partial charge is 0.303 e. The van der Waals surface area contributed by atoms with Gasteiger partial charge in [0.2, 0.25) is 0 Å². The van der Waals surface area contributed by atoms with Crippen molar-refractivity contribution in [3.8, 4) is 0 Å². The Morgan fingerprint density at radius 2 is 2.17 bits per heavy atom. The van der Waals surface area contributed by atoms with Gasteiger partial charge in [0.15, 0.2) is 0 Å². The second-order valence-corrected chi connectivity index (χ2v) is 5.24. The van der Waals surface area contributed by atoms with E-state index in [1.165, 1.54) is 22.3 Å². The van der Waals surface area contributed by atoms with E-state index in [-0.39, 0.29) is 6.42 Å². The van der Waals surface area contributed by atoms with Crippen LogP contribution in [0.15, 0.2) is 12.1 Å². The Kier molecular flexibility index (Phi) is 4.02. The molecule has 0 amide bonds. The molecular formula is C15H21NO2. The van der Waals surface area contributed by atoms with E-state index in [1.54, 1.807) is 0 Å². The summed E-state index contributed by atoms with van der Waals surface area (Å²) in [5.41, 5.74) is 5.64. The van der Waals surface area contributed by atoms with E-state index < -0.39 is 5.97 Å². The summed E-state index contributed by atoms with van der Waals surface area (Å²) in [6.45, 7) is 7.23. The standard InChI is InChI=1S/C15H21NO2/c1-11-8-12(2)14-5-7-16(10-13(14)9-11)6-3-4-15(17)18/h8-9H,3-7,10H2,1-2H3,(H,17,18). The minimum absolute atomic E-state index is 0.274. The molecule has 2 rings (SSSR count). The predicted octanol–water partition coefficient (Wildman–Crippen LogP) is 2.53. The molecule has 0 spiro atoms. The van der Waals surface area contributed by atoms with Gasteiger partial charge in [0.25, 0.3) is 0 Å². The first kappa shape index (κ1) is 13.1. The first-order valence-corrected chi connectivity index (χ1v) is 6.59. The number of nitrogens with zero attached hydrogens (tertiary/aromatic N) is 1. The highest BCUT2D eigenvalue weighted by molar-refractivity contribution is 5.66. The molecule has 1 heterocycles. The van der Waals surface area contributed by atoms with Gasteiger partial charge < -0.3 is 5.11 Å². The van der Waals surface area contributed by atoms with Gasteiger partial charge in [-0.3, -0.25) is 9.69 Å². The van der Waals surface area contributed by atoms with Crippen LogP contribution in [-0.2, 0) is 17.8 Å². The maximum Gasteiger partial charge on any atom is 0.303 e. The number of fused-ring (bicyclic) bond motifs is 1. The Hall–Kier alpha value is -1.35. The Morgan fingerprint density at radius 3 is 2.89 bits per heavy atom. The Labute approximate surface area is 108 Å². The van der Waals surface area contributed by atoms with Crippen LogP contribution in [0.4, 0.5) is 0 Å². The Bertz CT molecular complexity index is 454. The molecule has 1 aromatic rings. The third-order valence-corrected chi connectivity index (χ3v) is 3.65. The minimum Gasteiger partial charge on any atom is -0.481 e. The lowest BCUT2D eigenvalue weighted by Crippen LogP contribution is -2.32. The van der Waals surface area contributed by atoms with E-state index in [0.29, 0.717) is 0 Å². The van der Waals surface area contributed by atoms with Gasteiger partial charge in [0, 0.05) is 19.5 Å². The molecule has 0 bridgehead atoms. The second-order valence-electron chi connectivity index (χ2n) is 5.24. The molecule has 1 aliphatic rings. The normalized spacial score (nSPS) is 15.4. The SMILES string of the molecule is Cc1cc(C)c2c(c1)CN(CCCC(=O)O)CC2. The molecule has 0 saturated heterocycles. The van der Waals surface area contributed by atoms with Gasteiger partial charge >= 0.3 is 5.97 Å². The lowest BCUT2D eigenvalue weighted by molar-refractivity contribution is -0.137. The van der Waals surface area contributed by atoms with Crippen molar-refractivity contribution in [2.24, 2.45) is 0 Å². The van der Waals surface area contributed by atoms with Crippen LogP contribution in [0.25, 0.3) is 0 Å². The summed E-state index contributed by atoms with van der Waals surface area (Å²) in [6.07, 6.45) is 2.11. The number of hydrogen-bond acceptors (Lipinski definition) is 2. The van der Waals surface area contributed by atoms with Crippen LogP contribution in [0.3, 0.4) is 0 Å². The first-order chi connectivity index (χ1) is 8.56. The Morgan fingerprint density at radius 1 is 1.39 bits per heavy atom. The molecule has 1 N–H and O–H groups in total. The molecule has 3 heteroatoms. The van der Waals surface area contributed by atoms with Crippen molar-refractivity contribution in [1.82, 2.24) is 4.90 Å². The van der Waals surface area contributed by atoms with E-state index in [1.807, 2.05) is 0 Å². The lowest BCUT2D eigenvalue weighted by Gasteiger charge is -2.30. The monoisotopic (exact) mass is 247 g/mol. The summed E-state index contributed by atoms with van der Waals surface area (Å²) in [5, 5.41) is 8.65. The van der Waals surface area contributed by atoms with Gasteiger partial charge in [-0.15, -0.1) is 0 Å². The zero-order chi connectivity index (χ0) is 13.1. The van der Waals surface area contributed by atoms with Gasteiger partial charge in [-0.1, -0.05) is 17.7 Å². The number of hydrogen-bond donors (Lipinski definition) is 1. The number of aryl methyl sites for hydroxylation is 2. The van der Waals surface area contributed by atoms with Crippen molar-refractivity contribution >= 4 is 5.97 Å². The third-order valence-electron chi connectivity index (χ3n) is 3.65. The maximum atomic E-state index is 10.5. The maximum absolute atomic E-state index is 10.5. The van der Waals surface area contributed by atoms with Gasteiger partial charge in [-0.05, 0) is 49.9 Å². The molecule has 18 heavy (non-hydrogen) atoms. The summed E-state index contributed by atoms with van der Waals surface area (Å²) in [5.74, 6) is -0.695. The predicted molar refractivity (Wildman–Crippen MR) is 71.8 cm³/mol. The highest BCUT2D eigenvalue weighted by atomic mass is 16.4. The van der Waals surface area contributed by atoms with Crippen molar-refractivity contribution in [3.63, 3.8) is 0 Å². The molecule has 0 aliphatic carbocycles. The molecule has 3 nitrogen and oxygen atoms in total. The summed E-state index contributed by atoms with van der Waals surface area (Å²) in [7, 11) is 0. The fourth-order valence-corrected chi connectivity index (χ4v) is 2.82. The molecule has 0 aromatic heterocycles. The molecule has 0 saturated carbocycles. The second kappa shape index (κ2) is 5.53. The largest absolute Gasteiger partial charge is 0.481 e. The van der Waals surface area contributed by atoms with Crippen molar-refractivity contribution in [2.45, 2.75) is 39.7 Å². The van der Waals surface area contributed by atoms with Gasteiger partial charge in [-0.2, -0.15) is 0 Å². The number of carboxylic acid groups (broad SMARTS) is 1. The first-order valence-electron chi connectivity index (χ1n) is 6.59. The highest BCUT2D eigenvalue weighted by Gasteiger charge is 2.17. The zero-order valence-corrected chi connectivity index (χ0v) is 11.2. The van der Waals surface area contributed by atoms with E-state index in [0.717, 1.165) is 32.5 Å². The minimum atomic E-state index is -0.695. The average molecular weight is 247 g/mol. The Balaban J connectivity index is 1.99. The third kappa shape index (κ3) is 3.10. The summed E-state index contributed by atoms with van der Waals surface area (Å²) in [6, 6.07) is 4.52. The van der Waals surface area contributed by atoms with Crippen LogP contribution in [0, 0.1) is 13.8 Å². The number of benzene rings is 1.